The molecule has 7 heteroatoms. The van der Waals surface area contributed by atoms with E-state index in [1.165, 1.54) is 0 Å². The van der Waals surface area contributed by atoms with Crippen LogP contribution in [-0.2, 0) is 0 Å². The third-order valence-corrected chi connectivity index (χ3v) is 5.91. The van der Waals surface area contributed by atoms with Crippen LogP contribution in [0.1, 0.15) is 36.5 Å². The van der Waals surface area contributed by atoms with Crippen molar-refractivity contribution < 1.29 is 14.2 Å². The molecule has 1 saturated heterocycles. The number of hydrogen-bond donors (Lipinski definition) is 0. The first kappa shape index (κ1) is 19.2. The fourth-order valence-corrected chi connectivity index (χ4v) is 4.21. The summed E-state index contributed by atoms with van der Waals surface area (Å²) in [6.07, 6.45) is 1.02. The highest BCUT2D eigenvalue weighted by molar-refractivity contribution is 6.15. The maximum atomic E-state index is 6.10. The predicted molar refractivity (Wildman–Crippen MR) is 107 cm³/mol. The zero-order valence-electron chi connectivity index (χ0n) is 16.7. The Labute approximate surface area is 169 Å². The molecule has 4 rings (SSSR count). The molecule has 0 bridgehead atoms. The number of nitrogens with zero attached hydrogens (tertiary/aromatic N) is 3. The van der Waals surface area contributed by atoms with Crippen LogP contribution in [0.3, 0.4) is 0 Å². The molecule has 2 aliphatic rings. The lowest BCUT2D eigenvalue weighted by atomic mass is 10.1. The van der Waals surface area contributed by atoms with Crippen LogP contribution in [0.4, 0.5) is 0 Å². The number of aromatic nitrogens is 2. The summed E-state index contributed by atoms with van der Waals surface area (Å²) in [7, 11) is 3.99. The van der Waals surface area contributed by atoms with Gasteiger partial charge in [-0.3, -0.25) is 9.88 Å². The summed E-state index contributed by atoms with van der Waals surface area (Å²) in [6.45, 7) is 9.79. The van der Waals surface area contributed by atoms with Gasteiger partial charge >= 0.3 is 0 Å². The number of likely N-dealkylation sites (tertiary alicyclic amines) is 1. The van der Waals surface area contributed by atoms with E-state index in [0.717, 1.165) is 48.1 Å². The summed E-state index contributed by atoms with van der Waals surface area (Å²) < 4.78 is 17.3. The van der Waals surface area contributed by atoms with E-state index in [9.17, 15) is 0 Å². The summed E-state index contributed by atoms with van der Waals surface area (Å²) in [5, 5.41) is -0.0762. The van der Waals surface area contributed by atoms with Crippen molar-refractivity contribution in [3.8, 4) is 17.4 Å². The largest absolute Gasteiger partial charge is 0.493 e. The summed E-state index contributed by atoms with van der Waals surface area (Å²) in [5.74, 6) is 2.21. The van der Waals surface area contributed by atoms with Crippen molar-refractivity contribution in [2.24, 2.45) is 0 Å². The normalized spacial score (nSPS) is 22.9. The van der Waals surface area contributed by atoms with Gasteiger partial charge in [-0.15, -0.1) is 0 Å². The van der Waals surface area contributed by atoms with Gasteiger partial charge in [0.2, 0.25) is 0 Å². The number of pyridine rings is 2. The molecule has 3 radical (unpaired) electrons. The van der Waals surface area contributed by atoms with Crippen LogP contribution < -0.4 is 14.2 Å². The van der Waals surface area contributed by atoms with Crippen LogP contribution in [0, 0.1) is 13.8 Å². The maximum Gasteiger partial charge on any atom is 0.257 e. The third-order valence-electron chi connectivity index (χ3n) is 5.36. The Morgan fingerprint density at radius 2 is 1.93 bits per heavy atom. The first-order valence-corrected chi connectivity index (χ1v) is 10.3. The second-order valence-electron chi connectivity index (χ2n) is 7.79. The van der Waals surface area contributed by atoms with E-state index < -0.39 is 0 Å². The Morgan fingerprint density at radius 3 is 2.71 bits per heavy atom. The van der Waals surface area contributed by atoms with Gasteiger partial charge < -0.3 is 14.2 Å². The van der Waals surface area contributed by atoms with Crippen molar-refractivity contribution in [3.05, 3.63) is 41.3 Å². The lowest BCUT2D eigenvalue weighted by Gasteiger charge is -2.28. The molecule has 2 aromatic heterocycles. The van der Waals surface area contributed by atoms with E-state index in [1.807, 2.05) is 38.1 Å². The lowest BCUT2D eigenvalue weighted by Crippen LogP contribution is -2.30. The SMILES string of the molecule is Cc1cc(OC[C@@]2([Si])CCN(C(C)c3ccc4c(n3)OCCO4)C2)cc(C)n1. The molecule has 1 fully saturated rings. The highest BCUT2D eigenvalue weighted by atomic mass is 28.1. The minimum atomic E-state index is -0.0762. The fourth-order valence-electron chi connectivity index (χ4n) is 3.82. The van der Waals surface area contributed by atoms with Crippen LogP contribution in [0.15, 0.2) is 24.3 Å². The Bertz CT molecular complexity index is 843. The molecule has 147 valence electrons. The Hall–Kier alpha value is -2.12. The molecule has 0 saturated carbocycles. The van der Waals surface area contributed by atoms with Crippen molar-refractivity contribution in [3.63, 3.8) is 0 Å². The average molecular weight is 397 g/mol. The predicted octanol–water partition coefficient (Wildman–Crippen LogP) is 3.04. The van der Waals surface area contributed by atoms with Crippen molar-refractivity contribution in [2.75, 3.05) is 32.9 Å². The van der Waals surface area contributed by atoms with E-state index in [2.05, 4.69) is 32.0 Å². The average Bonchev–Trinajstić information content (AvgIpc) is 3.07. The van der Waals surface area contributed by atoms with Gasteiger partial charge in [-0.25, -0.2) is 4.98 Å². The highest BCUT2D eigenvalue weighted by Crippen LogP contribution is 2.39. The fraction of sp³-hybridized carbons (Fsp3) is 0.524. The van der Waals surface area contributed by atoms with E-state index >= 15 is 0 Å². The summed E-state index contributed by atoms with van der Waals surface area (Å²) in [5.41, 5.74) is 2.95. The second kappa shape index (κ2) is 7.71. The number of rotatable bonds is 5. The maximum absolute atomic E-state index is 6.10. The van der Waals surface area contributed by atoms with E-state index in [0.29, 0.717) is 25.7 Å². The summed E-state index contributed by atoms with van der Waals surface area (Å²) in [6, 6.07) is 8.15. The second-order valence-corrected chi connectivity index (χ2v) is 8.85. The van der Waals surface area contributed by atoms with Crippen molar-refractivity contribution in [1.29, 1.82) is 0 Å². The molecule has 0 spiro atoms. The monoisotopic (exact) mass is 396 g/mol. The molecule has 0 N–H and O–H groups in total. The van der Waals surface area contributed by atoms with Crippen LogP contribution in [0.5, 0.6) is 17.4 Å². The third kappa shape index (κ3) is 4.15. The van der Waals surface area contributed by atoms with Gasteiger partial charge in [0.15, 0.2) is 5.75 Å². The highest BCUT2D eigenvalue weighted by Gasteiger charge is 2.37. The molecule has 6 nitrogen and oxygen atoms in total. The van der Waals surface area contributed by atoms with Gasteiger partial charge in [0.05, 0.1) is 12.3 Å². The molecular formula is C21H26N3O3Si. The summed E-state index contributed by atoms with van der Waals surface area (Å²) >= 11 is 0. The van der Waals surface area contributed by atoms with E-state index in [4.69, 9.17) is 14.2 Å². The molecule has 0 aliphatic carbocycles. The van der Waals surface area contributed by atoms with Gasteiger partial charge in [-0.05, 0) is 45.9 Å². The zero-order valence-corrected chi connectivity index (χ0v) is 17.7. The molecule has 0 amide bonds. The van der Waals surface area contributed by atoms with Gasteiger partial charge in [-0.1, -0.05) is 0 Å². The number of hydrogen-bond acceptors (Lipinski definition) is 6. The molecule has 2 aliphatic heterocycles. The van der Waals surface area contributed by atoms with E-state index in [-0.39, 0.29) is 11.1 Å². The Kier molecular flexibility index (Phi) is 5.29. The van der Waals surface area contributed by atoms with Crippen molar-refractivity contribution >= 4 is 10.2 Å². The molecular weight excluding hydrogens is 370 g/mol. The summed E-state index contributed by atoms with van der Waals surface area (Å²) in [4.78, 5) is 11.5. The number of ether oxygens (including phenoxy) is 3. The minimum absolute atomic E-state index is 0.0762. The Balaban J connectivity index is 1.39. The van der Waals surface area contributed by atoms with Crippen molar-refractivity contribution in [2.45, 2.75) is 38.3 Å². The first-order valence-electron chi connectivity index (χ1n) is 9.76. The molecule has 1 unspecified atom stereocenters. The van der Waals surface area contributed by atoms with Crippen LogP contribution >= 0.6 is 0 Å². The first-order chi connectivity index (χ1) is 13.4. The van der Waals surface area contributed by atoms with E-state index in [1.54, 1.807) is 0 Å². The van der Waals surface area contributed by atoms with Gasteiger partial charge in [-0.2, -0.15) is 0 Å². The van der Waals surface area contributed by atoms with Crippen LogP contribution in [0.2, 0.25) is 5.04 Å². The van der Waals surface area contributed by atoms with Crippen molar-refractivity contribution in [1.82, 2.24) is 14.9 Å². The van der Waals surface area contributed by atoms with Gasteiger partial charge in [0, 0.05) is 51.4 Å². The minimum Gasteiger partial charge on any atom is -0.493 e. The molecule has 2 atom stereocenters. The van der Waals surface area contributed by atoms with Gasteiger partial charge in [0.25, 0.3) is 5.88 Å². The quantitative estimate of drug-likeness (QED) is 0.724. The number of fused-ring (bicyclic) bond motifs is 1. The number of aryl methyl sites for hydroxylation is 2. The molecule has 2 aromatic rings. The standard InChI is InChI=1S/C21H26N3O3Si/c1-14-10-17(11-15(2)22-14)27-13-21(28)6-7-24(12-21)16(3)18-4-5-19-20(23-18)26-9-8-25-19/h4-5,10-11,16H,6-9,12-13H2,1-3H3/t16?,21-/m1/s1. The molecule has 28 heavy (non-hydrogen) atoms. The smallest absolute Gasteiger partial charge is 0.257 e. The topological polar surface area (TPSA) is 56.7 Å². The van der Waals surface area contributed by atoms with Gasteiger partial charge in [0.1, 0.15) is 19.0 Å². The molecule has 4 heterocycles. The Morgan fingerprint density at radius 1 is 1.18 bits per heavy atom. The lowest BCUT2D eigenvalue weighted by molar-refractivity contribution is 0.162. The van der Waals surface area contributed by atoms with Crippen LogP contribution in [-0.4, -0.2) is 58.0 Å². The zero-order chi connectivity index (χ0) is 19.7. The molecule has 0 aromatic carbocycles. The van der Waals surface area contributed by atoms with Crippen LogP contribution in [0.25, 0.3) is 0 Å².